The maximum atomic E-state index is 12.3. The molecule has 2 rings (SSSR count). The van der Waals surface area contributed by atoms with Crippen molar-refractivity contribution in [2.45, 2.75) is 52.6 Å². The number of carbonyl (C=O) groups excluding carboxylic acids is 1. The molecule has 112 valence electrons. The van der Waals surface area contributed by atoms with E-state index in [2.05, 4.69) is 17.3 Å². The minimum Gasteiger partial charge on any atom is -0.394 e. The Bertz CT molecular complexity index is 476. The molecular formula is C14H25N5O. The molecule has 1 aliphatic rings. The van der Waals surface area contributed by atoms with Crippen LogP contribution < -0.4 is 11.1 Å². The van der Waals surface area contributed by atoms with Crippen molar-refractivity contribution < 1.29 is 4.79 Å². The van der Waals surface area contributed by atoms with Crippen molar-refractivity contribution >= 4 is 17.4 Å². The lowest BCUT2D eigenvalue weighted by atomic mass is 10.2. The smallest absolute Gasteiger partial charge is 0.244 e. The number of anilines is 2. The largest absolute Gasteiger partial charge is 0.394 e. The third kappa shape index (κ3) is 2.89. The summed E-state index contributed by atoms with van der Waals surface area (Å²) in [6, 6.07) is -0.276. The van der Waals surface area contributed by atoms with Crippen LogP contribution in [0, 0.1) is 6.92 Å². The van der Waals surface area contributed by atoms with Crippen LogP contribution in [0.2, 0.25) is 0 Å². The van der Waals surface area contributed by atoms with Crippen molar-refractivity contribution in [1.82, 2.24) is 14.7 Å². The number of likely N-dealkylation sites (tertiary alicyclic amines) is 1. The van der Waals surface area contributed by atoms with Crippen LogP contribution in [0.25, 0.3) is 0 Å². The van der Waals surface area contributed by atoms with E-state index in [1.165, 1.54) is 0 Å². The summed E-state index contributed by atoms with van der Waals surface area (Å²) in [5.41, 5.74) is 7.51. The fraction of sp³-hybridized carbons (Fsp3) is 0.714. The molecule has 6 heteroatoms. The predicted octanol–water partition coefficient (Wildman–Crippen LogP) is 1.61. The third-order valence-electron chi connectivity index (χ3n) is 3.75. The lowest BCUT2D eigenvalue weighted by molar-refractivity contribution is -0.130. The van der Waals surface area contributed by atoms with E-state index < -0.39 is 0 Å². The van der Waals surface area contributed by atoms with E-state index in [4.69, 9.17) is 5.73 Å². The van der Waals surface area contributed by atoms with Crippen LogP contribution in [0.1, 0.15) is 38.8 Å². The predicted molar refractivity (Wildman–Crippen MR) is 80.6 cm³/mol. The number of aryl methyl sites for hydroxylation is 2. The van der Waals surface area contributed by atoms with E-state index in [0.717, 1.165) is 50.4 Å². The Morgan fingerprint density at radius 2 is 2.10 bits per heavy atom. The number of nitrogens with zero attached hydrogens (tertiary/aromatic N) is 3. The van der Waals surface area contributed by atoms with E-state index in [1.54, 1.807) is 0 Å². The van der Waals surface area contributed by atoms with Gasteiger partial charge in [0.2, 0.25) is 5.91 Å². The Hall–Kier alpha value is -1.72. The second kappa shape index (κ2) is 6.15. The molecule has 0 radical (unpaired) electrons. The maximum Gasteiger partial charge on any atom is 0.244 e. The first-order chi connectivity index (χ1) is 9.54. The molecule has 1 saturated heterocycles. The quantitative estimate of drug-likeness (QED) is 0.858. The number of aromatic nitrogens is 2. The molecular weight excluding hydrogens is 254 g/mol. The standard InChI is InChI=1S/C14H25N5O/c1-4-7-19-13(12(15)10(2)17-19)16-11(3)14(20)18-8-5-6-9-18/h11,16H,4-9,15H2,1-3H3. The second-order valence-electron chi connectivity index (χ2n) is 5.47. The number of carbonyl (C=O) groups is 1. The first-order valence-electron chi connectivity index (χ1n) is 7.42. The molecule has 1 atom stereocenters. The Kier molecular flexibility index (Phi) is 4.52. The molecule has 0 bridgehead atoms. The lowest BCUT2D eigenvalue weighted by Gasteiger charge is -2.22. The topological polar surface area (TPSA) is 76.2 Å². The van der Waals surface area contributed by atoms with Crippen LogP contribution in [-0.4, -0.2) is 39.7 Å². The molecule has 1 aromatic heterocycles. The van der Waals surface area contributed by atoms with Crippen molar-refractivity contribution in [3.8, 4) is 0 Å². The maximum absolute atomic E-state index is 12.3. The molecule has 1 fully saturated rings. The summed E-state index contributed by atoms with van der Waals surface area (Å²) < 4.78 is 1.86. The highest BCUT2D eigenvalue weighted by Gasteiger charge is 2.25. The van der Waals surface area contributed by atoms with Gasteiger partial charge in [-0.25, -0.2) is 4.68 Å². The van der Waals surface area contributed by atoms with Gasteiger partial charge in [-0.2, -0.15) is 5.10 Å². The Morgan fingerprint density at radius 3 is 2.70 bits per heavy atom. The van der Waals surface area contributed by atoms with E-state index in [9.17, 15) is 4.79 Å². The summed E-state index contributed by atoms with van der Waals surface area (Å²) in [5, 5.41) is 7.66. The zero-order valence-electron chi connectivity index (χ0n) is 12.6. The zero-order valence-corrected chi connectivity index (χ0v) is 12.6. The summed E-state index contributed by atoms with van der Waals surface area (Å²) in [5.74, 6) is 0.910. The number of nitrogen functional groups attached to an aromatic ring is 1. The van der Waals surface area contributed by atoms with Gasteiger partial charge in [-0.15, -0.1) is 0 Å². The molecule has 2 heterocycles. The normalized spacial score (nSPS) is 16.4. The summed E-state index contributed by atoms with van der Waals surface area (Å²) in [7, 11) is 0. The van der Waals surface area contributed by atoms with Crippen molar-refractivity contribution in [3.05, 3.63) is 5.69 Å². The molecule has 1 unspecified atom stereocenters. The Labute approximate surface area is 120 Å². The van der Waals surface area contributed by atoms with E-state index >= 15 is 0 Å². The minimum atomic E-state index is -0.276. The number of nitrogens with two attached hydrogens (primary N) is 1. The van der Waals surface area contributed by atoms with Gasteiger partial charge in [0, 0.05) is 19.6 Å². The van der Waals surface area contributed by atoms with Gasteiger partial charge >= 0.3 is 0 Å². The number of hydrogen-bond acceptors (Lipinski definition) is 4. The van der Waals surface area contributed by atoms with Crippen molar-refractivity contribution in [2.24, 2.45) is 0 Å². The Morgan fingerprint density at radius 1 is 1.45 bits per heavy atom. The van der Waals surface area contributed by atoms with Crippen molar-refractivity contribution in [2.75, 3.05) is 24.1 Å². The molecule has 1 amide bonds. The van der Waals surface area contributed by atoms with Crippen LogP contribution >= 0.6 is 0 Å². The second-order valence-corrected chi connectivity index (χ2v) is 5.47. The number of nitrogens with one attached hydrogen (secondary N) is 1. The summed E-state index contributed by atoms with van der Waals surface area (Å²) in [4.78, 5) is 14.2. The van der Waals surface area contributed by atoms with Gasteiger partial charge in [-0.05, 0) is 33.1 Å². The van der Waals surface area contributed by atoms with Gasteiger partial charge in [0.25, 0.3) is 0 Å². The Balaban J connectivity index is 2.10. The first kappa shape index (κ1) is 14.7. The summed E-state index contributed by atoms with van der Waals surface area (Å²) in [6.07, 6.45) is 3.19. The molecule has 3 N–H and O–H groups in total. The molecule has 0 saturated carbocycles. The fourth-order valence-corrected chi connectivity index (χ4v) is 2.60. The highest BCUT2D eigenvalue weighted by Crippen LogP contribution is 2.24. The molecule has 0 spiro atoms. The lowest BCUT2D eigenvalue weighted by Crippen LogP contribution is -2.40. The van der Waals surface area contributed by atoms with Crippen LogP contribution in [0.3, 0.4) is 0 Å². The summed E-state index contributed by atoms with van der Waals surface area (Å²) in [6.45, 7) is 8.40. The monoisotopic (exact) mass is 279 g/mol. The number of rotatable bonds is 5. The van der Waals surface area contributed by atoms with Crippen molar-refractivity contribution in [1.29, 1.82) is 0 Å². The summed E-state index contributed by atoms with van der Waals surface area (Å²) >= 11 is 0. The van der Waals surface area contributed by atoms with E-state index in [0.29, 0.717) is 5.69 Å². The molecule has 0 aromatic carbocycles. The first-order valence-corrected chi connectivity index (χ1v) is 7.42. The van der Waals surface area contributed by atoms with E-state index in [1.807, 2.05) is 23.4 Å². The molecule has 20 heavy (non-hydrogen) atoms. The van der Waals surface area contributed by atoms with Crippen LogP contribution in [0.4, 0.5) is 11.5 Å². The molecule has 1 aromatic rings. The highest BCUT2D eigenvalue weighted by atomic mass is 16.2. The minimum absolute atomic E-state index is 0.142. The zero-order chi connectivity index (χ0) is 14.7. The van der Waals surface area contributed by atoms with Gasteiger partial charge in [0.05, 0.1) is 11.4 Å². The number of amides is 1. The van der Waals surface area contributed by atoms with Gasteiger partial charge in [0.15, 0.2) is 0 Å². The highest BCUT2D eigenvalue weighted by molar-refractivity contribution is 5.85. The molecule has 6 nitrogen and oxygen atoms in total. The SMILES string of the molecule is CCCn1nc(C)c(N)c1NC(C)C(=O)N1CCCC1. The van der Waals surface area contributed by atoms with Gasteiger partial charge < -0.3 is 16.0 Å². The number of hydrogen-bond donors (Lipinski definition) is 2. The van der Waals surface area contributed by atoms with Crippen LogP contribution in [0.15, 0.2) is 0 Å². The van der Waals surface area contributed by atoms with Gasteiger partial charge in [0.1, 0.15) is 11.9 Å². The molecule has 0 aliphatic carbocycles. The molecule has 1 aliphatic heterocycles. The van der Waals surface area contributed by atoms with Crippen LogP contribution in [0.5, 0.6) is 0 Å². The fourth-order valence-electron chi connectivity index (χ4n) is 2.60. The van der Waals surface area contributed by atoms with Gasteiger partial charge in [-0.1, -0.05) is 6.92 Å². The van der Waals surface area contributed by atoms with Gasteiger partial charge in [-0.3, -0.25) is 4.79 Å². The van der Waals surface area contributed by atoms with E-state index in [-0.39, 0.29) is 11.9 Å². The third-order valence-corrected chi connectivity index (χ3v) is 3.75. The van der Waals surface area contributed by atoms with Crippen LogP contribution in [-0.2, 0) is 11.3 Å². The average molecular weight is 279 g/mol. The van der Waals surface area contributed by atoms with Crippen molar-refractivity contribution in [3.63, 3.8) is 0 Å². The average Bonchev–Trinajstić information content (AvgIpc) is 3.03.